The standard InChI is InChI=1S/C13H30N2/c1-6-10-15(7-2)13(5)8-9-14-11-12(3)4/h12-14H,6-11H2,1-5H3. The first kappa shape index (κ1) is 14.9. The molecule has 0 saturated heterocycles. The van der Waals surface area contributed by atoms with Gasteiger partial charge in [0.2, 0.25) is 0 Å². The molecule has 0 amide bonds. The van der Waals surface area contributed by atoms with Gasteiger partial charge in [-0.3, -0.25) is 0 Å². The molecule has 0 aromatic heterocycles. The van der Waals surface area contributed by atoms with Gasteiger partial charge in [-0.05, 0) is 51.9 Å². The number of nitrogens with zero attached hydrogens (tertiary/aromatic N) is 1. The fourth-order valence-corrected chi connectivity index (χ4v) is 1.86. The van der Waals surface area contributed by atoms with E-state index in [0.29, 0.717) is 0 Å². The van der Waals surface area contributed by atoms with Crippen LogP contribution in [0.4, 0.5) is 0 Å². The molecule has 92 valence electrons. The Kier molecular flexibility index (Phi) is 9.12. The number of hydrogen-bond acceptors (Lipinski definition) is 2. The molecule has 2 heteroatoms. The van der Waals surface area contributed by atoms with Crippen LogP contribution in [0.1, 0.15) is 47.5 Å². The monoisotopic (exact) mass is 214 g/mol. The molecule has 0 heterocycles. The zero-order valence-electron chi connectivity index (χ0n) is 11.3. The minimum absolute atomic E-state index is 0.717. The van der Waals surface area contributed by atoms with Crippen LogP contribution in [0, 0.1) is 5.92 Å². The predicted octanol–water partition coefficient (Wildman–Crippen LogP) is 2.74. The van der Waals surface area contributed by atoms with Crippen LogP contribution in [0.5, 0.6) is 0 Å². The van der Waals surface area contributed by atoms with Crippen molar-refractivity contribution in [3.05, 3.63) is 0 Å². The molecule has 0 spiro atoms. The second-order valence-corrected chi connectivity index (χ2v) is 4.86. The number of rotatable bonds is 9. The third kappa shape index (κ3) is 7.80. The summed E-state index contributed by atoms with van der Waals surface area (Å²) in [6, 6.07) is 0.717. The fourth-order valence-electron chi connectivity index (χ4n) is 1.86. The maximum atomic E-state index is 3.51. The Bertz CT molecular complexity index is 134. The molecule has 0 aliphatic rings. The van der Waals surface area contributed by atoms with Crippen LogP contribution in [0.2, 0.25) is 0 Å². The first-order chi connectivity index (χ1) is 7.11. The Hall–Kier alpha value is -0.0800. The summed E-state index contributed by atoms with van der Waals surface area (Å²) in [5, 5.41) is 3.51. The topological polar surface area (TPSA) is 15.3 Å². The highest BCUT2D eigenvalue weighted by molar-refractivity contribution is 4.67. The normalized spacial score (nSPS) is 13.8. The van der Waals surface area contributed by atoms with Gasteiger partial charge in [0.15, 0.2) is 0 Å². The van der Waals surface area contributed by atoms with Gasteiger partial charge in [-0.1, -0.05) is 27.7 Å². The third-order valence-corrected chi connectivity index (χ3v) is 2.83. The van der Waals surface area contributed by atoms with Gasteiger partial charge < -0.3 is 10.2 Å². The van der Waals surface area contributed by atoms with Crippen molar-refractivity contribution in [2.45, 2.75) is 53.5 Å². The van der Waals surface area contributed by atoms with Crippen LogP contribution >= 0.6 is 0 Å². The van der Waals surface area contributed by atoms with Gasteiger partial charge in [0, 0.05) is 6.04 Å². The van der Waals surface area contributed by atoms with E-state index in [-0.39, 0.29) is 0 Å². The third-order valence-electron chi connectivity index (χ3n) is 2.83. The summed E-state index contributed by atoms with van der Waals surface area (Å²) < 4.78 is 0. The van der Waals surface area contributed by atoms with E-state index in [2.05, 4.69) is 44.8 Å². The minimum Gasteiger partial charge on any atom is -0.316 e. The lowest BCUT2D eigenvalue weighted by Crippen LogP contribution is -2.36. The lowest BCUT2D eigenvalue weighted by Gasteiger charge is -2.27. The number of hydrogen-bond donors (Lipinski definition) is 1. The van der Waals surface area contributed by atoms with Gasteiger partial charge in [0.1, 0.15) is 0 Å². The summed E-state index contributed by atoms with van der Waals surface area (Å²) in [6.45, 7) is 16.1. The van der Waals surface area contributed by atoms with E-state index < -0.39 is 0 Å². The molecular formula is C13H30N2. The van der Waals surface area contributed by atoms with Gasteiger partial charge in [0.05, 0.1) is 0 Å². The molecule has 0 aliphatic carbocycles. The first-order valence-corrected chi connectivity index (χ1v) is 6.56. The van der Waals surface area contributed by atoms with Gasteiger partial charge >= 0.3 is 0 Å². The van der Waals surface area contributed by atoms with Crippen molar-refractivity contribution in [1.29, 1.82) is 0 Å². The highest BCUT2D eigenvalue weighted by Crippen LogP contribution is 2.03. The van der Waals surface area contributed by atoms with Gasteiger partial charge in [-0.25, -0.2) is 0 Å². The Morgan fingerprint density at radius 3 is 2.27 bits per heavy atom. The molecular weight excluding hydrogens is 184 g/mol. The van der Waals surface area contributed by atoms with Crippen molar-refractivity contribution in [3.63, 3.8) is 0 Å². The SMILES string of the molecule is CCCN(CC)C(C)CCNCC(C)C. The van der Waals surface area contributed by atoms with Crippen molar-refractivity contribution in [2.24, 2.45) is 5.92 Å². The molecule has 0 bridgehead atoms. The van der Waals surface area contributed by atoms with Crippen LogP contribution in [0.15, 0.2) is 0 Å². The molecule has 1 N–H and O–H groups in total. The highest BCUT2D eigenvalue weighted by Gasteiger charge is 2.09. The number of nitrogens with one attached hydrogen (secondary N) is 1. The minimum atomic E-state index is 0.717. The summed E-state index contributed by atoms with van der Waals surface area (Å²) in [5.74, 6) is 0.762. The van der Waals surface area contributed by atoms with E-state index in [0.717, 1.165) is 25.0 Å². The van der Waals surface area contributed by atoms with Gasteiger partial charge in [-0.15, -0.1) is 0 Å². The summed E-state index contributed by atoms with van der Waals surface area (Å²) >= 11 is 0. The van der Waals surface area contributed by atoms with Crippen LogP contribution < -0.4 is 5.32 Å². The molecule has 0 aromatic carbocycles. The average Bonchev–Trinajstić information content (AvgIpc) is 2.20. The van der Waals surface area contributed by atoms with E-state index >= 15 is 0 Å². The molecule has 0 aliphatic heterocycles. The Labute approximate surface area is 96.4 Å². The first-order valence-electron chi connectivity index (χ1n) is 6.56. The van der Waals surface area contributed by atoms with E-state index in [1.807, 2.05) is 0 Å². The van der Waals surface area contributed by atoms with Crippen LogP contribution in [0.3, 0.4) is 0 Å². The summed E-state index contributed by atoms with van der Waals surface area (Å²) in [7, 11) is 0. The molecule has 15 heavy (non-hydrogen) atoms. The second-order valence-electron chi connectivity index (χ2n) is 4.86. The molecule has 1 atom stereocenters. The molecule has 0 aromatic rings. The van der Waals surface area contributed by atoms with E-state index in [1.165, 1.54) is 25.9 Å². The lowest BCUT2D eigenvalue weighted by molar-refractivity contribution is 0.209. The maximum absolute atomic E-state index is 3.51. The quantitative estimate of drug-likeness (QED) is 0.594. The zero-order chi connectivity index (χ0) is 11.7. The predicted molar refractivity (Wildman–Crippen MR) is 69.3 cm³/mol. The van der Waals surface area contributed by atoms with Crippen molar-refractivity contribution in [1.82, 2.24) is 10.2 Å². The van der Waals surface area contributed by atoms with Crippen molar-refractivity contribution in [3.8, 4) is 0 Å². The van der Waals surface area contributed by atoms with Crippen LogP contribution in [-0.4, -0.2) is 37.1 Å². The molecule has 0 fully saturated rings. The summed E-state index contributed by atoms with van der Waals surface area (Å²) in [5.41, 5.74) is 0. The maximum Gasteiger partial charge on any atom is 0.00788 e. The Morgan fingerprint density at radius 2 is 1.80 bits per heavy atom. The molecule has 0 radical (unpaired) electrons. The Balaban J connectivity index is 3.56. The van der Waals surface area contributed by atoms with Crippen molar-refractivity contribution in [2.75, 3.05) is 26.2 Å². The zero-order valence-corrected chi connectivity index (χ0v) is 11.3. The van der Waals surface area contributed by atoms with E-state index in [4.69, 9.17) is 0 Å². The average molecular weight is 214 g/mol. The van der Waals surface area contributed by atoms with Gasteiger partial charge in [-0.2, -0.15) is 0 Å². The van der Waals surface area contributed by atoms with Crippen molar-refractivity contribution < 1.29 is 0 Å². The molecule has 0 saturated carbocycles. The van der Waals surface area contributed by atoms with Crippen LogP contribution in [-0.2, 0) is 0 Å². The molecule has 1 unspecified atom stereocenters. The fraction of sp³-hybridized carbons (Fsp3) is 1.00. The second kappa shape index (κ2) is 9.17. The van der Waals surface area contributed by atoms with E-state index in [1.54, 1.807) is 0 Å². The largest absolute Gasteiger partial charge is 0.316 e. The lowest BCUT2D eigenvalue weighted by atomic mass is 10.1. The summed E-state index contributed by atoms with van der Waals surface area (Å²) in [6.07, 6.45) is 2.53. The smallest absolute Gasteiger partial charge is 0.00788 e. The van der Waals surface area contributed by atoms with Crippen molar-refractivity contribution >= 4 is 0 Å². The molecule has 0 rings (SSSR count). The van der Waals surface area contributed by atoms with Gasteiger partial charge in [0.25, 0.3) is 0 Å². The molecule has 2 nitrogen and oxygen atoms in total. The van der Waals surface area contributed by atoms with Crippen LogP contribution in [0.25, 0.3) is 0 Å². The summed E-state index contributed by atoms with van der Waals surface area (Å²) in [4.78, 5) is 2.57. The van der Waals surface area contributed by atoms with E-state index in [9.17, 15) is 0 Å². The highest BCUT2D eigenvalue weighted by atomic mass is 15.1. The Morgan fingerprint density at radius 1 is 1.13 bits per heavy atom.